The molecule has 1 aromatic heterocycles. The Bertz CT molecular complexity index is 1410. The number of amides is 1. The number of hydrogen-bond acceptors (Lipinski definition) is 6. The highest BCUT2D eigenvalue weighted by molar-refractivity contribution is 7.92. The van der Waals surface area contributed by atoms with Crippen molar-refractivity contribution < 1.29 is 17.9 Å². The molecule has 0 bridgehead atoms. The van der Waals surface area contributed by atoms with Crippen molar-refractivity contribution in [2.75, 3.05) is 10.0 Å². The van der Waals surface area contributed by atoms with E-state index < -0.39 is 15.9 Å². The van der Waals surface area contributed by atoms with Crippen LogP contribution < -0.4 is 14.8 Å². The molecule has 2 N–H and O–H groups in total. The average Bonchev–Trinajstić information content (AvgIpc) is 3.27. The van der Waals surface area contributed by atoms with Crippen LogP contribution in [-0.4, -0.2) is 19.3 Å². The molecule has 4 aromatic rings. The minimum atomic E-state index is -3.96. The summed E-state index contributed by atoms with van der Waals surface area (Å²) in [6, 6.07) is 19.4. The number of nitrogens with zero attached hydrogens (tertiary/aromatic N) is 1. The van der Waals surface area contributed by atoms with Gasteiger partial charge in [-0.15, -0.1) is 11.3 Å². The minimum Gasteiger partial charge on any atom is -0.487 e. The van der Waals surface area contributed by atoms with Gasteiger partial charge in [-0.05, 0) is 54.6 Å². The summed E-state index contributed by atoms with van der Waals surface area (Å²) in [6.45, 7) is 0.237. The van der Waals surface area contributed by atoms with Gasteiger partial charge in [0.25, 0.3) is 15.9 Å². The summed E-state index contributed by atoms with van der Waals surface area (Å²) >= 11 is 13.2. The third-order valence-corrected chi connectivity index (χ3v) is 7.26. The number of para-hydroxylation sites is 1. The van der Waals surface area contributed by atoms with Crippen LogP contribution in [0.15, 0.2) is 83.1 Å². The van der Waals surface area contributed by atoms with Gasteiger partial charge in [-0.2, -0.15) is 0 Å². The maximum atomic E-state index is 12.8. The standard InChI is InChI=1S/C23H17Cl2N3O4S2/c24-15-6-8-16(9-7-15)28-34(30,31)19-10-11-21(25)20(12-19)22(29)27-23-26-17(14-33-23)13-32-18-4-2-1-3-5-18/h1-12,14,28H,13H2,(H,26,27,29). The molecule has 0 saturated carbocycles. The van der Waals surface area contributed by atoms with E-state index in [1.165, 1.54) is 41.7 Å². The molecule has 0 unspecified atom stereocenters. The van der Waals surface area contributed by atoms with Crippen molar-refractivity contribution in [1.82, 2.24) is 4.98 Å². The predicted octanol–water partition coefficient (Wildman–Crippen LogP) is 6.08. The van der Waals surface area contributed by atoms with E-state index in [1.807, 2.05) is 30.3 Å². The molecule has 174 valence electrons. The van der Waals surface area contributed by atoms with Crippen molar-refractivity contribution in [2.45, 2.75) is 11.5 Å². The van der Waals surface area contributed by atoms with Crippen molar-refractivity contribution >= 4 is 61.3 Å². The molecule has 0 radical (unpaired) electrons. The van der Waals surface area contributed by atoms with Crippen molar-refractivity contribution in [2.24, 2.45) is 0 Å². The zero-order valence-corrected chi connectivity index (χ0v) is 20.5. The van der Waals surface area contributed by atoms with E-state index in [0.717, 1.165) is 0 Å². The van der Waals surface area contributed by atoms with Gasteiger partial charge in [-0.3, -0.25) is 14.8 Å². The fourth-order valence-corrected chi connectivity index (χ4v) is 4.95. The van der Waals surface area contributed by atoms with Gasteiger partial charge in [0.05, 0.1) is 21.2 Å². The fourth-order valence-electron chi connectivity index (χ4n) is 2.85. The molecule has 4 rings (SSSR count). The molecule has 1 amide bonds. The van der Waals surface area contributed by atoms with Crippen molar-refractivity contribution in [3.8, 4) is 5.75 Å². The van der Waals surface area contributed by atoms with E-state index in [0.29, 0.717) is 27.3 Å². The maximum absolute atomic E-state index is 12.8. The average molecular weight is 534 g/mol. The highest BCUT2D eigenvalue weighted by atomic mass is 35.5. The quantitative estimate of drug-likeness (QED) is 0.286. The second kappa shape index (κ2) is 10.4. The third kappa shape index (κ3) is 6.06. The van der Waals surface area contributed by atoms with Crippen LogP contribution in [0.3, 0.4) is 0 Å². The molecule has 0 aliphatic heterocycles. The summed E-state index contributed by atoms with van der Waals surface area (Å²) in [5.41, 5.74) is 0.968. The van der Waals surface area contributed by atoms with Gasteiger partial charge in [-0.1, -0.05) is 41.4 Å². The Morgan fingerprint density at radius 3 is 2.47 bits per heavy atom. The summed E-state index contributed by atoms with van der Waals surface area (Å²) in [5, 5.41) is 5.33. The normalized spacial score (nSPS) is 11.1. The Labute approximate surface area is 210 Å². The van der Waals surface area contributed by atoms with Crippen molar-refractivity contribution in [3.63, 3.8) is 0 Å². The lowest BCUT2D eigenvalue weighted by atomic mass is 10.2. The lowest BCUT2D eigenvalue weighted by Crippen LogP contribution is -2.16. The van der Waals surface area contributed by atoms with E-state index in [2.05, 4.69) is 15.0 Å². The Hall–Kier alpha value is -3.11. The molecule has 0 fully saturated rings. The Morgan fingerprint density at radius 1 is 1.00 bits per heavy atom. The number of benzene rings is 3. The number of hydrogen-bond donors (Lipinski definition) is 2. The monoisotopic (exact) mass is 533 g/mol. The third-order valence-electron chi connectivity index (χ3n) is 4.49. The van der Waals surface area contributed by atoms with Crippen LogP contribution in [0.5, 0.6) is 5.75 Å². The summed E-state index contributed by atoms with van der Waals surface area (Å²) in [4.78, 5) is 17.0. The lowest BCUT2D eigenvalue weighted by Gasteiger charge is -2.10. The molecule has 0 aliphatic carbocycles. The first-order valence-electron chi connectivity index (χ1n) is 9.82. The molecule has 0 aliphatic rings. The van der Waals surface area contributed by atoms with E-state index in [-0.39, 0.29) is 22.1 Å². The number of halogens is 2. The maximum Gasteiger partial charge on any atom is 0.261 e. The number of anilines is 2. The molecule has 0 atom stereocenters. The van der Waals surface area contributed by atoms with Gasteiger partial charge in [0.2, 0.25) is 0 Å². The number of thiazole rings is 1. The lowest BCUT2D eigenvalue weighted by molar-refractivity contribution is 0.102. The summed E-state index contributed by atoms with van der Waals surface area (Å²) in [6.07, 6.45) is 0. The van der Waals surface area contributed by atoms with Crippen LogP contribution in [0.4, 0.5) is 10.8 Å². The fraction of sp³-hybridized carbons (Fsp3) is 0.0435. The van der Waals surface area contributed by atoms with Crippen molar-refractivity contribution in [3.05, 3.63) is 99.5 Å². The first-order valence-corrected chi connectivity index (χ1v) is 12.9. The SMILES string of the molecule is O=C(Nc1nc(COc2ccccc2)cs1)c1cc(S(=O)(=O)Nc2ccc(Cl)cc2)ccc1Cl. The zero-order chi connectivity index (χ0) is 24.1. The Balaban J connectivity index is 1.46. The number of carbonyl (C=O) groups excluding carboxylic acids is 1. The molecule has 34 heavy (non-hydrogen) atoms. The van der Waals surface area contributed by atoms with Gasteiger partial charge < -0.3 is 4.74 Å². The molecule has 1 heterocycles. The molecule has 7 nitrogen and oxygen atoms in total. The van der Waals surface area contributed by atoms with Crippen LogP contribution >= 0.6 is 34.5 Å². The second-order valence-corrected chi connectivity index (χ2v) is 10.3. The highest BCUT2D eigenvalue weighted by Crippen LogP contribution is 2.25. The topological polar surface area (TPSA) is 97.4 Å². The van der Waals surface area contributed by atoms with Gasteiger partial charge in [0, 0.05) is 16.1 Å². The van der Waals surface area contributed by atoms with Gasteiger partial charge in [-0.25, -0.2) is 13.4 Å². The summed E-state index contributed by atoms with van der Waals surface area (Å²) < 4.78 is 33.7. The Kier molecular flexibility index (Phi) is 7.38. The van der Waals surface area contributed by atoms with E-state index in [9.17, 15) is 13.2 Å². The van der Waals surface area contributed by atoms with Gasteiger partial charge in [0.15, 0.2) is 5.13 Å². The summed E-state index contributed by atoms with van der Waals surface area (Å²) in [7, 11) is -3.96. The highest BCUT2D eigenvalue weighted by Gasteiger charge is 2.20. The smallest absolute Gasteiger partial charge is 0.261 e. The number of carbonyl (C=O) groups is 1. The van der Waals surface area contributed by atoms with Gasteiger partial charge >= 0.3 is 0 Å². The van der Waals surface area contributed by atoms with E-state index in [1.54, 1.807) is 17.5 Å². The number of sulfonamides is 1. The summed E-state index contributed by atoms with van der Waals surface area (Å²) in [5.74, 6) is 0.122. The Morgan fingerprint density at radius 2 is 1.74 bits per heavy atom. The first kappa shape index (κ1) is 24.0. The number of rotatable bonds is 8. The van der Waals surface area contributed by atoms with Crippen LogP contribution in [0.1, 0.15) is 16.1 Å². The number of aromatic nitrogens is 1. The molecule has 3 aromatic carbocycles. The van der Waals surface area contributed by atoms with Crippen molar-refractivity contribution in [1.29, 1.82) is 0 Å². The van der Waals surface area contributed by atoms with Crippen LogP contribution in [0.2, 0.25) is 10.0 Å². The molecule has 11 heteroatoms. The van der Waals surface area contributed by atoms with E-state index >= 15 is 0 Å². The second-order valence-electron chi connectivity index (χ2n) is 6.95. The predicted molar refractivity (Wildman–Crippen MR) is 135 cm³/mol. The zero-order valence-electron chi connectivity index (χ0n) is 17.4. The van der Waals surface area contributed by atoms with Crippen LogP contribution in [0, 0.1) is 0 Å². The molecule has 0 saturated heterocycles. The number of ether oxygens (including phenoxy) is 1. The molecule has 0 spiro atoms. The largest absolute Gasteiger partial charge is 0.487 e. The number of nitrogens with one attached hydrogen (secondary N) is 2. The molecular weight excluding hydrogens is 517 g/mol. The van der Waals surface area contributed by atoms with Crippen LogP contribution in [0.25, 0.3) is 0 Å². The molecular formula is C23H17Cl2N3O4S2. The van der Waals surface area contributed by atoms with Crippen LogP contribution in [-0.2, 0) is 16.6 Å². The first-order chi connectivity index (χ1) is 16.3. The minimum absolute atomic E-state index is 0.00191. The van der Waals surface area contributed by atoms with E-state index in [4.69, 9.17) is 27.9 Å². The van der Waals surface area contributed by atoms with Gasteiger partial charge in [0.1, 0.15) is 12.4 Å².